The molecular weight excluding hydrogens is 238 g/mol. The molecule has 1 saturated carbocycles. The number of halogens is 2. The maximum absolute atomic E-state index is 13.5. The van der Waals surface area contributed by atoms with Crippen LogP contribution in [-0.4, -0.2) is 17.8 Å². The lowest BCUT2D eigenvalue weighted by Gasteiger charge is -2.11. The van der Waals surface area contributed by atoms with Crippen LogP contribution < -0.4 is 5.32 Å². The van der Waals surface area contributed by atoms with Gasteiger partial charge in [-0.1, -0.05) is 0 Å². The maximum atomic E-state index is 13.5. The van der Waals surface area contributed by atoms with Crippen LogP contribution in [0.5, 0.6) is 0 Å². The largest absolute Gasteiger partial charge is 0.392 e. The number of nitrogens with zero attached hydrogens (tertiary/aromatic N) is 1. The van der Waals surface area contributed by atoms with Crippen molar-refractivity contribution in [1.29, 1.82) is 5.26 Å². The first-order valence-electron chi connectivity index (χ1n) is 5.88. The second kappa shape index (κ2) is 5.42. The molecule has 0 bridgehead atoms. The maximum Gasteiger partial charge on any atom is 0.131 e. The lowest BCUT2D eigenvalue weighted by atomic mass is 10.1. The molecule has 2 N–H and O–H groups in total. The quantitative estimate of drug-likeness (QED) is 0.838. The van der Waals surface area contributed by atoms with E-state index >= 15 is 0 Å². The highest BCUT2D eigenvalue weighted by atomic mass is 19.1. The Morgan fingerprint density at radius 1 is 1.39 bits per heavy atom. The topological polar surface area (TPSA) is 56.0 Å². The molecule has 0 radical (unpaired) electrons. The molecule has 0 aromatic heterocycles. The summed E-state index contributed by atoms with van der Waals surface area (Å²) < 4.78 is 27.0. The number of hydrogen-bond acceptors (Lipinski definition) is 3. The fourth-order valence-corrected chi connectivity index (χ4v) is 1.83. The zero-order valence-electron chi connectivity index (χ0n) is 9.79. The van der Waals surface area contributed by atoms with Gasteiger partial charge in [-0.3, -0.25) is 0 Å². The predicted molar refractivity (Wildman–Crippen MR) is 61.5 cm³/mol. The Kier molecular flexibility index (Phi) is 3.90. The minimum absolute atomic E-state index is 0.00710. The summed E-state index contributed by atoms with van der Waals surface area (Å²) in [5.74, 6) is -1.15. The molecule has 1 unspecified atom stereocenters. The summed E-state index contributed by atoms with van der Waals surface area (Å²) in [6.07, 6.45) is 1.58. The molecule has 1 aliphatic carbocycles. The average molecular weight is 252 g/mol. The smallest absolute Gasteiger partial charge is 0.131 e. The van der Waals surface area contributed by atoms with Crippen molar-refractivity contribution < 1.29 is 13.9 Å². The molecule has 0 amide bonds. The summed E-state index contributed by atoms with van der Waals surface area (Å²) >= 11 is 0. The van der Waals surface area contributed by atoms with Gasteiger partial charge in [0.2, 0.25) is 0 Å². The summed E-state index contributed by atoms with van der Waals surface area (Å²) in [4.78, 5) is 0. The van der Waals surface area contributed by atoms with Crippen LogP contribution in [0.3, 0.4) is 0 Å². The highest BCUT2D eigenvalue weighted by Crippen LogP contribution is 2.32. The summed E-state index contributed by atoms with van der Waals surface area (Å²) in [6.45, 7) is 0.330. The van der Waals surface area contributed by atoms with Gasteiger partial charge in [-0.2, -0.15) is 5.26 Å². The molecule has 1 atom stereocenters. The third-order valence-electron chi connectivity index (χ3n) is 3.09. The molecule has 2 rings (SSSR count). The van der Waals surface area contributed by atoms with E-state index in [0.29, 0.717) is 12.5 Å². The van der Waals surface area contributed by atoms with Crippen LogP contribution in [0.1, 0.15) is 24.0 Å². The summed E-state index contributed by atoms with van der Waals surface area (Å²) in [7, 11) is 0. The summed E-state index contributed by atoms with van der Waals surface area (Å²) in [5.41, 5.74) is -0.135. The fourth-order valence-electron chi connectivity index (χ4n) is 1.83. The standard InChI is InChI=1S/C13H14F2N2O/c14-11-3-8(5-16)4-12(15)10(11)6-17-7-13(18)9-1-2-9/h3-4,9,13,17-18H,1-2,6-7H2. The molecule has 0 aliphatic heterocycles. The van der Waals surface area contributed by atoms with E-state index in [1.165, 1.54) is 0 Å². The van der Waals surface area contributed by atoms with Crippen molar-refractivity contribution in [3.63, 3.8) is 0 Å². The minimum atomic E-state index is -0.736. The van der Waals surface area contributed by atoms with Crippen molar-refractivity contribution in [1.82, 2.24) is 5.32 Å². The fraction of sp³-hybridized carbons (Fsp3) is 0.462. The van der Waals surface area contributed by atoms with E-state index in [2.05, 4.69) is 5.32 Å². The third kappa shape index (κ3) is 3.03. The molecule has 1 aromatic rings. The number of aliphatic hydroxyl groups excluding tert-OH is 1. The second-order valence-corrected chi connectivity index (χ2v) is 4.57. The van der Waals surface area contributed by atoms with Crippen LogP contribution in [0.2, 0.25) is 0 Å². The van der Waals surface area contributed by atoms with Gasteiger partial charge in [0.1, 0.15) is 11.6 Å². The Labute approximate surface area is 104 Å². The summed E-state index contributed by atoms with van der Waals surface area (Å²) in [6, 6.07) is 3.72. The van der Waals surface area contributed by atoms with Crippen LogP contribution in [-0.2, 0) is 6.54 Å². The SMILES string of the molecule is N#Cc1cc(F)c(CNCC(O)C2CC2)c(F)c1. The van der Waals surface area contributed by atoms with Crippen LogP contribution in [0.25, 0.3) is 0 Å². The van der Waals surface area contributed by atoms with E-state index < -0.39 is 17.7 Å². The van der Waals surface area contributed by atoms with Crippen molar-refractivity contribution in [3.05, 3.63) is 34.9 Å². The van der Waals surface area contributed by atoms with Crippen molar-refractivity contribution in [2.24, 2.45) is 5.92 Å². The number of nitriles is 1. The average Bonchev–Trinajstić information content (AvgIpc) is 3.16. The number of hydrogen-bond donors (Lipinski definition) is 2. The van der Waals surface area contributed by atoms with E-state index in [0.717, 1.165) is 25.0 Å². The van der Waals surface area contributed by atoms with Crippen LogP contribution >= 0.6 is 0 Å². The van der Waals surface area contributed by atoms with E-state index in [4.69, 9.17) is 5.26 Å². The second-order valence-electron chi connectivity index (χ2n) is 4.57. The van der Waals surface area contributed by atoms with Gasteiger partial charge < -0.3 is 10.4 Å². The van der Waals surface area contributed by atoms with Crippen molar-refractivity contribution in [2.45, 2.75) is 25.5 Å². The van der Waals surface area contributed by atoms with Gasteiger partial charge in [0.25, 0.3) is 0 Å². The Hall–Kier alpha value is -1.51. The molecule has 5 heteroatoms. The molecule has 1 aromatic carbocycles. The number of rotatable bonds is 5. The molecule has 1 fully saturated rings. The lowest BCUT2D eigenvalue weighted by Crippen LogP contribution is -2.28. The highest BCUT2D eigenvalue weighted by Gasteiger charge is 2.29. The number of nitrogens with one attached hydrogen (secondary N) is 1. The Balaban J connectivity index is 1.94. The molecule has 18 heavy (non-hydrogen) atoms. The van der Waals surface area contributed by atoms with Gasteiger partial charge in [0, 0.05) is 18.7 Å². The molecule has 1 aliphatic rings. The molecule has 0 heterocycles. The highest BCUT2D eigenvalue weighted by molar-refractivity contribution is 5.34. The van der Waals surface area contributed by atoms with Gasteiger partial charge in [0.15, 0.2) is 0 Å². The minimum Gasteiger partial charge on any atom is -0.392 e. The Bertz CT molecular complexity index is 457. The first kappa shape index (κ1) is 12.9. The zero-order chi connectivity index (χ0) is 13.1. The van der Waals surface area contributed by atoms with E-state index in [1.807, 2.05) is 0 Å². The lowest BCUT2D eigenvalue weighted by molar-refractivity contribution is 0.148. The third-order valence-corrected chi connectivity index (χ3v) is 3.09. The molecule has 0 spiro atoms. The molecular formula is C13H14F2N2O. The Morgan fingerprint density at radius 2 is 2.00 bits per heavy atom. The van der Waals surface area contributed by atoms with Crippen molar-refractivity contribution in [3.8, 4) is 6.07 Å². The van der Waals surface area contributed by atoms with Crippen LogP contribution in [0, 0.1) is 28.9 Å². The summed E-state index contributed by atoms with van der Waals surface area (Å²) in [5, 5.41) is 21.0. The first-order chi connectivity index (χ1) is 8.61. The monoisotopic (exact) mass is 252 g/mol. The normalized spacial score (nSPS) is 16.3. The number of aliphatic hydroxyl groups is 1. The van der Waals surface area contributed by atoms with E-state index in [1.54, 1.807) is 6.07 Å². The Morgan fingerprint density at radius 3 is 2.50 bits per heavy atom. The van der Waals surface area contributed by atoms with Gasteiger partial charge in [-0.25, -0.2) is 8.78 Å². The van der Waals surface area contributed by atoms with Crippen LogP contribution in [0.15, 0.2) is 12.1 Å². The van der Waals surface area contributed by atoms with Crippen molar-refractivity contribution >= 4 is 0 Å². The van der Waals surface area contributed by atoms with E-state index in [9.17, 15) is 13.9 Å². The first-order valence-corrected chi connectivity index (χ1v) is 5.88. The van der Waals surface area contributed by atoms with Crippen molar-refractivity contribution in [2.75, 3.05) is 6.54 Å². The van der Waals surface area contributed by atoms with E-state index in [-0.39, 0.29) is 17.7 Å². The molecule has 0 saturated heterocycles. The number of benzene rings is 1. The van der Waals surface area contributed by atoms with Gasteiger partial charge in [-0.05, 0) is 30.9 Å². The van der Waals surface area contributed by atoms with Gasteiger partial charge in [-0.15, -0.1) is 0 Å². The van der Waals surface area contributed by atoms with Crippen LogP contribution in [0.4, 0.5) is 8.78 Å². The van der Waals surface area contributed by atoms with Gasteiger partial charge in [0.05, 0.1) is 17.7 Å². The van der Waals surface area contributed by atoms with Gasteiger partial charge >= 0.3 is 0 Å². The molecule has 96 valence electrons. The molecule has 3 nitrogen and oxygen atoms in total. The predicted octanol–water partition coefficient (Wildman–Crippen LogP) is 1.70. The zero-order valence-corrected chi connectivity index (χ0v) is 9.79.